The Morgan fingerprint density at radius 1 is 1.00 bits per heavy atom. The molecule has 0 fully saturated rings. The van der Waals surface area contributed by atoms with Crippen molar-refractivity contribution in [2.24, 2.45) is 0 Å². The second kappa shape index (κ2) is 2.82. The summed E-state index contributed by atoms with van der Waals surface area (Å²) in [6.45, 7) is 0. The maximum Gasteiger partial charge on any atom is 0.0655 e. The first-order valence-corrected chi connectivity index (χ1v) is 5.27. The molecule has 0 aromatic heterocycles. The van der Waals surface area contributed by atoms with Gasteiger partial charge < -0.3 is 0 Å². The van der Waals surface area contributed by atoms with E-state index >= 15 is 0 Å². The van der Waals surface area contributed by atoms with Crippen LogP contribution in [0.25, 0.3) is 16.8 Å². The Kier molecular flexibility index (Phi) is 1.61. The standard InChI is InChI=1S/C13H9Si/c14-12-7-10-5-1-3-9-4-2-6-11(8-12)13(9)10/h1-7H,8H2. The lowest BCUT2D eigenvalue weighted by Crippen LogP contribution is -1.98. The zero-order valence-corrected chi connectivity index (χ0v) is 8.75. The topological polar surface area (TPSA) is 0 Å². The SMILES string of the molecule is [Si]C1=Cc2cccc3cccc(c23)C1. The van der Waals surface area contributed by atoms with Crippen LogP contribution in [0.1, 0.15) is 11.1 Å². The molecule has 0 unspecified atom stereocenters. The molecule has 0 N–H and O–H groups in total. The maximum absolute atomic E-state index is 3.64. The van der Waals surface area contributed by atoms with E-state index in [0.29, 0.717) is 0 Å². The van der Waals surface area contributed by atoms with Crippen molar-refractivity contribution >= 4 is 27.1 Å². The summed E-state index contributed by atoms with van der Waals surface area (Å²) in [6.07, 6.45) is 3.23. The molecule has 65 valence electrons. The fourth-order valence-corrected chi connectivity index (χ4v) is 2.51. The van der Waals surface area contributed by atoms with Gasteiger partial charge in [0.05, 0.1) is 10.2 Å². The summed E-state index contributed by atoms with van der Waals surface area (Å²) in [6, 6.07) is 13.0. The summed E-state index contributed by atoms with van der Waals surface area (Å²) in [5, 5.41) is 4.02. The number of hydrogen-bond acceptors (Lipinski definition) is 0. The van der Waals surface area contributed by atoms with Crippen LogP contribution in [0.5, 0.6) is 0 Å². The Balaban J connectivity index is 2.50. The molecule has 0 amide bonds. The van der Waals surface area contributed by atoms with Crippen LogP contribution in [-0.2, 0) is 6.42 Å². The molecule has 0 atom stereocenters. The zero-order valence-electron chi connectivity index (χ0n) is 7.75. The Morgan fingerprint density at radius 3 is 2.64 bits per heavy atom. The Hall–Kier alpha value is -1.34. The number of benzene rings is 2. The average Bonchev–Trinajstić information content (AvgIpc) is 2.18. The summed E-state index contributed by atoms with van der Waals surface area (Å²) >= 11 is 0. The van der Waals surface area contributed by atoms with Crippen molar-refractivity contribution in [3.8, 4) is 0 Å². The molecule has 3 radical (unpaired) electrons. The van der Waals surface area contributed by atoms with Crippen LogP contribution in [0.3, 0.4) is 0 Å². The first-order valence-electron chi connectivity index (χ1n) is 4.77. The monoisotopic (exact) mass is 193 g/mol. The van der Waals surface area contributed by atoms with E-state index in [1.807, 2.05) is 0 Å². The molecule has 0 saturated heterocycles. The molecule has 0 bridgehead atoms. The predicted molar refractivity (Wildman–Crippen MR) is 61.4 cm³/mol. The Morgan fingerprint density at radius 2 is 1.79 bits per heavy atom. The minimum absolute atomic E-state index is 1.02. The first-order chi connectivity index (χ1) is 6.84. The molecular formula is C13H9Si. The van der Waals surface area contributed by atoms with E-state index in [-0.39, 0.29) is 0 Å². The molecule has 3 rings (SSSR count). The molecule has 1 aliphatic carbocycles. The van der Waals surface area contributed by atoms with Gasteiger partial charge in [-0.05, 0) is 28.3 Å². The number of rotatable bonds is 0. The van der Waals surface area contributed by atoms with Gasteiger partial charge in [0.15, 0.2) is 0 Å². The van der Waals surface area contributed by atoms with Gasteiger partial charge in [-0.15, -0.1) is 0 Å². The molecule has 2 aromatic rings. The molecule has 14 heavy (non-hydrogen) atoms. The molecule has 0 spiro atoms. The van der Waals surface area contributed by atoms with Gasteiger partial charge in [0.25, 0.3) is 0 Å². The van der Waals surface area contributed by atoms with E-state index < -0.39 is 0 Å². The van der Waals surface area contributed by atoms with Crippen LogP contribution < -0.4 is 0 Å². The largest absolute Gasteiger partial charge is 0.0835 e. The van der Waals surface area contributed by atoms with Crippen LogP contribution in [0, 0.1) is 0 Å². The average molecular weight is 193 g/mol. The highest BCUT2D eigenvalue weighted by Gasteiger charge is 2.09. The zero-order chi connectivity index (χ0) is 9.54. The smallest absolute Gasteiger partial charge is 0.0655 e. The summed E-state index contributed by atoms with van der Waals surface area (Å²) in [7, 11) is 3.64. The van der Waals surface area contributed by atoms with Gasteiger partial charge in [-0.3, -0.25) is 0 Å². The lowest BCUT2D eigenvalue weighted by molar-refractivity contribution is 1.26. The highest BCUT2D eigenvalue weighted by molar-refractivity contribution is 6.25. The van der Waals surface area contributed by atoms with Crippen LogP contribution in [0.4, 0.5) is 0 Å². The second-order valence-electron chi connectivity index (χ2n) is 3.71. The molecule has 1 aliphatic rings. The summed E-state index contributed by atoms with van der Waals surface area (Å²) in [5.41, 5.74) is 2.75. The fraction of sp³-hybridized carbons (Fsp3) is 0.0769. The van der Waals surface area contributed by atoms with Gasteiger partial charge in [-0.2, -0.15) is 0 Å². The molecular weight excluding hydrogens is 184 g/mol. The van der Waals surface area contributed by atoms with Crippen molar-refractivity contribution in [2.45, 2.75) is 6.42 Å². The maximum atomic E-state index is 3.64. The van der Waals surface area contributed by atoms with Gasteiger partial charge in [0.1, 0.15) is 0 Å². The van der Waals surface area contributed by atoms with E-state index in [1.54, 1.807) is 0 Å². The minimum atomic E-state index is 1.02. The summed E-state index contributed by atoms with van der Waals surface area (Å²) < 4.78 is 0. The number of allylic oxidation sites excluding steroid dienone is 1. The van der Waals surface area contributed by atoms with Crippen molar-refractivity contribution < 1.29 is 0 Å². The van der Waals surface area contributed by atoms with Crippen molar-refractivity contribution in [3.05, 3.63) is 52.7 Å². The Labute approximate surface area is 86.7 Å². The van der Waals surface area contributed by atoms with E-state index in [2.05, 4.69) is 52.7 Å². The highest BCUT2D eigenvalue weighted by Crippen LogP contribution is 2.29. The van der Waals surface area contributed by atoms with Gasteiger partial charge in [-0.25, -0.2) is 0 Å². The van der Waals surface area contributed by atoms with Gasteiger partial charge in [-0.1, -0.05) is 47.7 Å². The summed E-state index contributed by atoms with van der Waals surface area (Å²) in [4.78, 5) is 0. The summed E-state index contributed by atoms with van der Waals surface area (Å²) in [5.74, 6) is 0. The van der Waals surface area contributed by atoms with Crippen LogP contribution in [-0.4, -0.2) is 10.2 Å². The highest BCUT2D eigenvalue weighted by atomic mass is 28.1. The predicted octanol–water partition coefficient (Wildman–Crippen LogP) is 2.91. The van der Waals surface area contributed by atoms with E-state index in [1.165, 1.54) is 27.1 Å². The molecule has 0 aliphatic heterocycles. The number of hydrogen-bond donors (Lipinski definition) is 0. The third-order valence-corrected chi connectivity index (χ3v) is 3.05. The Bertz CT molecular complexity index is 533. The molecule has 0 heterocycles. The van der Waals surface area contributed by atoms with E-state index in [0.717, 1.165) is 6.42 Å². The van der Waals surface area contributed by atoms with Crippen LogP contribution in [0.2, 0.25) is 0 Å². The van der Waals surface area contributed by atoms with Crippen molar-refractivity contribution in [1.82, 2.24) is 0 Å². The fourth-order valence-electron chi connectivity index (χ4n) is 2.16. The second-order valence-corrected chi connectivity index (χ2v) is 4.35. The molecule has 0 nitrogen and oxygen atoms in total. The van der Waals surface area contributed by atoms with Crippen molar-refractivity contribution in [1.29, 1.82) is 0 Å². The lowest BCUT2D eigenvalue weighted by Gasteiger charge is -2.15. The van der Waals surface area contributed by atoms with Gasteiger partial charge in [0.2, 0.25) is 0 Å². The lowest BCUT2D eigenvalue weighted by atomic mass is 9.93. The third kappa shape index (κ3) is 1.06. The normalized spacial score (nSPS) is 14.2. The third-order valence-electron chi connectivity index (χ3n) is 2.73. The van der Waals surface area contributed by atoms with Crippen LogP contribution >= 0.6 is 0 Å². The van der Waals surface area contributed by atoms with Gasteiger partial charge >= 0.3 is 0 Å². The van der Waals surface area contributed by atoms with E-state index in [4.69, 9.17) is 0 Å². The molecule has 0 saturated carbocycles. The van der Waals surface area contributed by atoms with Crippen molar-refractivity contribution in [3.63, 3.8) is 0 Å². The molecule has 2 aromatic carbocycles. The first kappa shape index (κ1) is 8.01. The van der Waals surface area contributed by atoms with Crippen molar-refractivity contribution in [2.75, 3.05) is 0 Å². The minimum Gasteiger partial charge on any atom is -0.0835 e. The van der Waals surface area contributed by atoms with Gasteiger partial charge in [0, 0.05) is 0 Å². The van der Waals surface area contributed by atoms with E-state index in [9.17, 15) is 0 Å². The molecule has 1 heteroatoms. The van der Waals surface area contributed by atoms with Crippen LogP contribution in [0.15, 0.2) is 41.6 Å². The quantitative estimate of drug-likeness (QED) is 0.564.